The number of aromatic nitrogens is 3. The van der Waals surface area contributed by atoms with Crippen LogP contribution in [-0.2, 0) is 23.3 Å². The normalized spacial score (nSPS) is 19.5. The highest BCUT2D eigenvalue weighted by molar-refractivity contribution is 7.99. The molecule has 0 saturated carbocycles. The van der Waals surface area contributed by atoms with Gasteiger partial charge in [0.25, 0.3) is 5.69 Å². The number of benzene rings is 1. The lowest BCUT2D eigenvalue weighted by Gasteiger charge is -2.07. The Morgan fingerprint density at radius 1 is 1.38 bits per heavy atom. The van der Waals surface area contributed by atoms with Gasteiger partial charge in [0.2, 0.25) is 0 Å². The molecule has 10 heteroatoms. The molecule has 1 fully saturated rings. The minimum absolute atomic E-state index is 0.0222. The van der Waals surface area contributed by atoms with E-state index >= 15 is 0 Å². The van der Waals surface area contributed by atoms with Crippen LogP contribution in [0.5, 0.6) is 0 Å². The molecule has 0 N–H and O–H groups in total. The first-order valence-electron chi connectivity index (χ1n) is 7.35. The van der Waals surface area contributed by atoms with Crippen LogP contribution in [0.2, 0.25) is 0 Å². The Balaban J connectivity index is 1.77. The van der Waals surface area contributed by atoms with E-state index in [2.05, 4.69) is 10.2 Å². The minimum atomic E-state index is -2.92. The largest absolute Gasteiger partial charge is 0.309 e. The fraction of sp³-hybridized carbons (Fsp3) is 0.429. The third kappa shape index (κ3) is 3.59. The summed E-state index contributed by atoms with van der Waals surface area (Å²) < 4.78 is 24.9. The Kier molecular flexibility index (Phi) is 4.59. The molecule has 1 unspecified atom stereocenters. The van der Waals surface area contributed by atoms with E-state index in [0.717, 1.165) is 0 Å². The summed E-state index contributed by atoms with van der Waals surface area (Å²) in [4.78, 5) is 11.2. The summed E-state index contributed by atoms with van der Waals surface area (Å²) in [6, 6.07) is 6.46. The maximum absolute atomic E-state index is 11.6. The van der Waals surface area contributed by atoms with Gasteiger partial charge in [0.05, 0.1) is 21.3 Å². The predicted molar refractivity (Wildman–Crippen MR) is 88.7 cm³/mol. The Labute approximate surface area is 143 Å². The first-order chi connectivity index (χ1) is 11.4. The molecule has 128 valence electrons. The van der Waals surface area contributed by atoms with Crippen LogP contribution in [0.1, 0.15) is 12.2 Å². The second-order valence-corrected chi connectivity index (χ2v) is 9.00. The second-order valence-electron chi connectivity index (χ2n) is 5.76. The van der Waals surface area contributed by atoms with Gasteiger partial charge in [-0.3, -0.25) is 10.1 Å². The molecule has 0 spiro atoms. The van der Waals surface area contributed by atoms with Crippen LogP contribution in [0.15, 0.2) is 34.3 Å². The van der Waals surface area contributed by atoms with Gasteiger partial charge < -0.3 is 4.57 Å². The molecule has 1 atom stereocenters. The maximum atomic E-state index is 11.6. The molecule has 0 amide bonds. The molecule has 0 radical (unpaired) electrons. The van der Waals surface area contributed by atoms with Crippen LogP contribution in [0, 0.1) is 16.0 Å². The highest BCUT2D eigenvalue weighted by atomic mass is 32.2. The average Bonchev–Trinajstić information content (AvgIpc) is 3.04. The number of nitro benzene ring substituents is 1. The standard InChI is InChI=1S/C14H16N4O4S2/c1-17-13(8-10-6-7-24(21,22)9-10)15-16-14(17)23-12-5-3-2-4-11(12)18(19)20/h2-5,10H,6-9H2,1H3. The van der Waals surface area contributed by atoms with Crippen LogP contribution in [0.3, 0.4) is 0 Å². The lowest BCUT2D eigenvalue weighted by Crippen LogP contribution is -2.11. The Morgan fingerprint density at radius 3 is 2.79 bits per heavy atom. The van der Waals surface area contributed by atoms with Crippen molar-refractivity contribution in [2.24, 2.45) is 13.0 Å². The summed E-state index contributed by atoms with van der Waals surface area (Å²) in [7, 11) is -1.14. The average molecular weight is 368 g/mol. The van der Waals surface area contributed by atoms with Crippen molar-refractivity contribution < 1.29 is 13.3 Å². The number of sulfone groups is 1. The minimum Gasteiger partial charge on any atom is -0.309 e. The van der Waals surface area contributed by atoms with E-state index in [1.54, 1.807) is 29.8 Å². The summed E-state index contributed by atoms with van der Waals surface area (Å²) in [5.74, 6) is 1.17. The summed E-state index contributed by atoms with van der Waals surface area (Å²) >= 11 is 1.18. The fourth-order valence-electron chi connectivity index (χ4n) is 2.70. The smallest absolute Gasteiger partial charge is 0.283 e. The molecular formula is C14H16N4O4S2. The molecule has 8 nitrogen and oxygen atoms in total. The molecule has 1 saturated heterocycles. The van der Waals surface area contributed by atoms with Gasteiger partial charge >= 0.3 is 0 Å². The van der Waals surface area contributed by atoms with Gasteiger partial charge in [-0.25, -0.2) is 8.42 Å². The van der Waals surface area contributed by atoms with Crippen molar-refractivity contribution in [2.45, 2.75) is 22.9 Å². The zero-order valence-electron chi connectivity index (χ0n) is 13.0. The van der Waals surface area contributed by atoms with Gasteiger partial charge in [-0.05, 0) is 30.2 Å². The van der Waals surface area contributed by atoms with E-state index in [-0.39, 0.29) is 23.1 Å². The second kappa shape index (κ2) is 6.52. The first-order valence-corrected chi connectivity index (χ1v) is 9.99. The van der Waals surface area contributed by atoms with E-state index in [9.17, 15) is 18.5 Å². The fourth-order valence-corrected chi connectivity index (χ4v) is 5.47. The Bertz CT molecular complexity index is 879. The third-order valence-corrected chi connectivity index (χ3v) is 6.93. The van der Waals surface area contributed by atoms with Crippen molar-refractivity contribution in [3.63, 3.8) is 0 Å². The van der Waals surface area contributed by atoms with Crippen LogP contribution in [0.4, 0.5) is 5.69 Å². The third-order valence-electron chi connectivity index (χ3n) is 3.99. The van der Waals surface area contributed by atoms with Crippen LogP contribution in [-0.4, -0.2) is 39.6 Å². The van der Waals surface area contributed by atoms with Crippen molar-refractivity contribution in [3.8, 4) is 0 Å². The van der Waals surface area contributed by atoms with Gasteiger partial charge in [0, 0.05) is 19.5 Å². The molecule has 3 rings (SSSR count). The quantitative estimate of drug-likeness (QED) is 0.585. The van der Waals surface area contributed by atoms with E-state index in [0.29, 0.717) is 28.7 Å². The summed E-state index contributed by atoms with van der Waals surface area (Å²) in [6.07, 6.45) is 1.18. The number of hydrogen-bond donors (Lipinski definition) is 0. The monoisotopic (exact) mass is 368 g/mol. The van der Waals surface area contributed by atoms with Crippen molar-refractivity contribution in [1.82, 2.24) is 14.8 Å². The topological polar surface area (TPSA) is 108 Å². The summed E-state index contributed by atoms with van der Waals surface area (Å²) in [5.41, 5.74) is 0.0222. The molecule has 2 heterocycles. The number of hydrogen-bond acceptors (Lipinski definition) is 7. The maximum Gasteiger partial charge on any atom is 0.283 e. The zero-order valence-corrected chi connectivity index (χ0v) is 14.6. The van der Waals surface area contributed by atoms with Gasteiger partial charge in [0.1, 0.15) is 5.82 Å². The number of rotatable bonds is 5. The van der Waals surface area contributed by atoms with Crippen LogP contribution < -0.4 is 0 Å². The van der Waals surface area contributed by atoms with Crippen LogP contribution in [0.25, 0.3) is 0 Å². The lowest BCUT2D eigenvalue weighted by molar-refractivity contribution is -0.387. The highest BCUT2D eigenvalue weighted by Crippen LogP contribution is 2.33. The van der Waals surface area contributed by atoms with E-state index in [4.69, 9.17) is 0 Å². The molecule has 24 heavy (non-hydrogen) atoms. The van der Waals surface area contributed by atoms with Gasteiger partial charge in [-0.2, -0.15) is 0 Å². The van der Waals surface area contributed by atoms with Crippen molar-refractivity contribution in [3.05, 3.63) is 40.2 Å². The first kappa shape index (κ1) is 16.9. The van der Waals surface area contributed by atoms with Gasteiger partial charge in [0.15, 0.2) is 15.0 Å². The molecule has 1 aliphatic rings. The van der Waals surface area contributed by atoms with Crippen LogP contribution >= 0.6 is 11.8 Å². The SMILES string of the molecule is Cn1c(CC2CCS(=O)(=O)C2)nnc1Sc1ccccc1[N+](=O)[O-]. The van der Waals surface area contributed by atoms with Gasteiger partial charge in [-0.15, -0.1) is 10.2 Å². The van der Waals surface area contributed by atoms with E-state index in [1.807, 2.05) is 0 Å². The summed E-state index contributed by atoms with van der Waals surface area (Å²) in [5, 5.41) is 19.8. The molecule has 1 aromatic heterocycles. The molecular weight excluding hydrogens is 352 g/mol. The predicted octanol–water partition coefficient (Wildman–Crippen LogP) is 1.85. The molecule has 0 bridgehead atoms. The number of para-hydroxylation sites is 1. The molecule has 1 aliphatic heterocycles. The lowest BCUT2D eigenvalue weighted by atomic mass is 10.1. The van der Waals surface area contributed by atoms with Crippen molar-refractivity contribution in [1.29, 1.82) is 0 Å². The van der Waals surface area contributed by atoms with Crippen molar-refractivity contribution in [2.75, 3.05) is 11.5 Å². The Morgan fingerprint density at radius 2 is 2.12 bits per heavy atom. The van der Waals surface area contributed by atoms with E-state index in [1.165, 1.54) is 17.8 Å². The zero-order chi connectivity index (χ0) is 17.3. The van der Waals surface area contributed by atoms with E-state index < -0.39 is 14.8 Å². The van der Waals surface area contributed by atoms with Gasteiger partial charge in [-0.1, -0.05) is 12.1 Å². The van der Waals surface area contributed by atoms with Crippen molar-refractivity contribution >= 4 is 27.3 Å². The number of nitrogens with zero attached hydrogens (tertiary/aromatic N) is 4. The molecule has 1 aromatic carbocycles. The number of nitro groups is 1. The highest BCUT2D eigenvalue weighted by Gasteiger charge is 2.29. The molecule has 2 aromatic rings. The molecule has 0 aliphatic carbocycles. The Hall–Kier alpha value is -1.94. The summed E-state index contributed by atoms with van der Waals surface area (Å²) in [6.45, 7) is 0.